The molecular formula is C25H30N4O5S. The van der Waals surface area contributed by atoms with Crippen molar-refractivity contribution in [3.63, 3.8) is 0 Å². The number of thioether (sulfide) groups is 1. The Labute approximate surface area is 209 Å². The second kappa shape index (κ2) is 10.6. The number of nitrogens with zero attached hydrogens (tertiary/aromatic N) is 4. The molecule has 1 fully saturated rings. The van der Waals surface area contributed by atoms with Crippen LogP contribution in [0.25, 0.3) is 0 Å². The van der Waals surface area contributed by atoms with Gasteiger partial charge in [0.15, 0.2) is 5.17 Å². The maximum absolute atomic E-state index is 13.2. The van der Waals surface area contributed by atoms with Crippen molar-refractivity contribution in [2.24, 2.45) is 4.99 Å². The van der Waals surface area contributed by atoms with Crippen LogP contribution in [0.4, 0.5) is 0 Å². The Morgan fingerprint density at radius 1 is 1.09 bits per heavy atom. The standard InChI is InChI=1S/C25H30N4O5S/c1-5-19-22(24(32)34-4)23(18-8-6-7-9-20(18)33-3)29-17(15-35-25(29)26-19)14-21(31)28-12-10-27(11-13-28)16(2)30/h6-9,15,23H,5,10-14H2,1-4H3/t23-/m0/s1. The zero-order valence-electron chi connectivity index (χ0n) is 20.4. The number of amides is 2. The fraction of sp³-hybridized carbons (Fsp3) is 0.440. The second-order valence-corrected chi connectivity index (χ2v) is 9.24. The molecular weight excluding hydrogens is 468 g/mol. The zero-order chi connectivity index (χ0) is 25.1. The van der Waals surface area contributed by atoms with Crippen LogP contribution in [0.5, 0.6) is 5.75 Å². The number of esters is 1. The summed E-state index contributed by atoms with van der Waals surface area (Å²) in [5.41, 5.74) is 2.66. The van der Waals surface area contributed by atoms with Crippen LogP contribution in [0, 0.1) is 0 Å². The lowest BCUT2D eigenvalue weighted by atomic mass is 9.92. The molecule has 0 bridgehead atoms. The summed E-state index contributed by atoms with van der Waals surface area (Å²) in [5.74, 6) is 0.182. The maximum Gasteiger partial charge on any atom is 0.338 e. The lowest BCUT2D eigenvalue weighted by molar-refractivity contribution is -0.138. The monoisotopic (exact) mass is 498 g/mol. The molecule has 10 heteroatoms. The van der Waals surface area contributed by atoms with Crippen LogP contribution >= 0.6 is 11.8 Å². The van der Waals surface area contributed by atoms with Gasteiger partial charge in [-0.2, -0.15) is 0 Å². The summed E-state index contributed by atoms with van der Waals surface area (Å²) < 4.78 is 10.8. The van der Waals surface area contributed by atoms with E-state index in [-0.39, 0.29) is 18.2 Å². The van der Waals surface area contributed by atoms with Gasteiger partial charge in [-0.25, -0.2) is 9.79 Å². The van der Waals surface area contributed by atoms with Crippen LogP contribution in [0.1, 0.15) is 38.3 Å². The average molecular weight is 499 g/mol. The van der Waals surface area contributed by atoms with Gasteiger partial charge in [-0.05, 0) is 17.9 Å². The first-order valence-electron chi connectivity index (χ1n) is 11.6. The van der Waals surface area contributed by atoms with E-state index in [4.69, 9.17) is 14.5 Å². The number of hydrogen-bond donors (Lipinski definition) is 0. The molecule has 1 atom stereocenters. The van der Waals surface area contributed by atoms with Gasteiger partial charge in [0.2, 0.25) is 11.8 Å². The van der Waals surface area contributed by atoms with Crippen molar-refractivity contribution in [2.45, 2.75) is 32.7 Å². The molecule has 186 valence electrons. The number of ether oxygens (including phenoxy) is 2. The van der Waals surface area contributed by atoms with E-state index in [1.165, 1.54) is 18.9 Å². The number of carbonyl (C=O) groups excluding carboxylic acids is 3. The van der Waals surface area contributed by atoms with Gasteiger partial charge in [0.25, 0.3) is 0 Å². The maximum atomic E-state index is 13.2. The van der Waals surface area contributed by atoms with Crippen molar-refractivity contribution in [3.8, 4) is 5.75 Å². The van der Waals surface area contributed by atoms with E-state index in [1.807, 2.05) is 41.5 Å². The first kappa shape index (κ1) is 24.8. The predicted octanol–water partition coefficient (Wildman–Crippen LogP) is 2.91. The van der Waals surface area contributed by atoms with Gasteiger partial charge >= 0.3 is 5.97 Å². The summed E-state index contributed by atoms with van der Waals surface area (Å²) in [7, 11) is 2.96. The van der Waals surface area contributed by atoms with Crippen LogP contribution < -0.4 is 4.74 Å². The number of rotatable bonds is 6. The highest BCUT2D eigenvalue weighted by molar-refractivity contribution is 8.16. The van der Waals surface area contributed by atoms with Crippen molar-refractivity contribution in [2.75, 3.05) is 40.4 Å². The molecule has 3 aliphatic heterocycles. The molecule has 0 aliphatic carbocycles. The van der Waals surface area contributed by atoms with Gasteiger partial charge in [-0.3, -0.25) is 9.59 Å². The Balaban J connectivity index is 1.67. The topological polar surface area (TPSA) is 91.8 Å². The van der Waals surface area contributed by atoms with E-state index in [0.29, 0.717) is 49.6 Å². The highest BCUT2D eigenvalue weighted by atomic mass is 32.2. The quantitative estimate of drug-likeness (QED) is 0.557. The fourth-order valence-electron chi connectivity index (χ4n) is 4.64. The van der Waals surface area contributed by atoms with E-state index >= 15 is 0 Å². The van der Waals surface area contributed by atoms with Gasteiger partial charge in [-0.15, -0.1) is 0 Å². The molecule has 1 aromatic carbocycles. The highest BCUT2D eigenvalue weighted by Gasteiger charge is 2.43. The van der Waals surface area contributed by atoms with E-state index in [0.717, 1.165) is 16.4 Å². The largest absolute Gasteiger partial charge is 0.496 e. The fourth-order valence-corrected chi connectivity index (χ4v) is 5.57. The van der Waals surface area contributed by atoms with Crippen LogP contribution in [0.2, 0.25) is 0 Å². The molecule has 1 saturated heterocycles. The number of carbonyl (C=O) groups is 3. The van der Waals surface area contributed by atoms with E-state index < -0.39 is 12.0 Å². The molecule has 2 amide bonds. The Morgan fingerprint density at radius 2 is 1.77 bits per heavy atom. The molecule has 3 heterocycles. The minimum absolute atomic E-state index is 0.0228. The third-order valence-electron chi connectivity index (χ3n) is 6.47. The summed E-state index contributed by atoms with van der Waals surface area (Å²) in [5, 5.41) is 2.65. The smallest absolute Gasteiger partial charge is 0.338 e. The van der Waals surface area contributed by atoms with Crippen molar-refractivity contribution < 1.29 is 23.9 Å². The summed E-state index contributed by atoms with van der Waals surface area (Å²) in [6, 6.07) is 7.02. The predicted molar refractivity (Wildman–Crippen MR) is 133 cm³/mol. The zero-order valence-corrected chi connectivity index (χ0v) is 21.3. The third kappa shape index (κ3) is 4.80. The summed E-state index contributed by atoms with van der Waals surface area (Å²) >= 11 is 1.44. The average Bonchev–Trinajstić information content (AvgIpc) is 3.29. The number of piperazine rings is 1. The molecule has 0 unspecified atom stereocenters. The number of methoxy groups -OCH3 is 2. The number of benzene rings is 1. The first-order valence-corrected chi connectivity index (χ1v) is 12.5. The summed E-state index contributed by atoms with van der Waals surface area (Å²) in [6.07, 6.45) is 0.719. The molecule has 4 rings (SSSR count). The van der Waals surface area contributed by atoms with Gasteiger partial charge in [0.05, 0.1) is 38.0 Å². The van der Waals surface area contributed by atoms with Gasteiger partial charge in [0, 0.05) is 44.4 Å². The number of hydrogen-bond acceptors (Lipinski definition) is 8. The number of allylic oxidation sites excluding steroid dienone is 1. The number of fused-ring (bicyclic) bond motifs is 1. The van der Waals surface area contributed by atoms with Crippen molar-refractivity contribution in [3.05, 3.63) is 52.2 Å². The molecule has 1 aromatic rings. The molecule has 3 aliphatic rings. The Kier molecular flexibility index (Phi) is 7.49. The van der Waals surface area contributed by atoms with Crippen LogP contribution in [-0.4, -0.2) is 78.0 Å². The number of amidine groups is 1. The van der Waals surface area contributed by atoms with Crippen LogP contribution in [0.15, 0.2) is 51.6 Å². The Morgan fingerprint density at radius 3 is 2.40 bits per heavy atom. The molecule has 0 saturated carbocycles. The second-order valence-electron chi connectivity index (χ2n) is 8.41. The summed E-state index contributed by atoms with van der Waals surface area (Å²) in [6.45, 7) is 5.57. The highest BCUT2D eigenvalue weighted by Crippen LogP contribution is 2.47. The number of aliphatic imine (C=N–C) groups is 1. The lowest BCUT2D eigenvalue weighted by Crippen LogP contribution is -2.50. The van der Waals surface area contributed by atoms with E-state index in [9.17, 15) is 14.4 Å². The van der Waals surface area contributed by atoms with Crippen molar-refractivity contribution >= 4 is 34.7 Å². The van der Waals surface area contributed by atoms with Crippen molar-refractivity contribution in [1.82, 2.24) is 14.7 Å². The molecule has 35 heavy (non-hydrogen) atoms. The van der Waals surface area contributed by atoms with Gasteiger partial charge in [0.1, 0.15) is 5.75 Å². The van der Waals surface area contributed by atoms with Crippen LogP contribution in [0.3, 0.4) is 0 Å². The van der Waals surface area contributed by atoms with E-state index in [1.54, 1.807) is 23.8 Å². The minimum Gasteiger partial charge on any atom is -0.496 e. The van der Waals surface area contributed by atoms with Crippen LogP contribution in [-0.2, 0) is 19.1 Å². The SMILES string of the molecule is CCC1=C(C(=O)OC)[C@H](c2ccccc2OC)N2C(CC(=O)N3CCN(C(C)=O)CC3)=CSC2=N1. The van der Waals surface area contributed by atoms with E-state index in [2.05, 4.69) is 0 Å². The Bertz CT molecular complexity index is 1120. The summed E-state index contributed by atoms with van der Waals surface area (Å²) in [4.78, 5) is 48.2. The Hall–Kier alpha value is -3.27. The normalized spacial score (nSPS) is 19.8. The lowest BCUT2D eigenvalue weighted by Gasteiger charge is -2.38. The first-order chi connectivity index (χ1) is 16.9. The molecule has 0 spiro atoms. The number of para-hydroxylation sites is 1. The van der Waals surface area contributed by atoms with Crippen molar-refractivity contribution in [1.29, 1.82) is 0 Å². The van der Waals surface area contributed by atoms with Gasteiger partial charge < -0.3 is 24.2 Å². The minimum atomic E-state index is -0.537. The molecule has 0 N–H and O–H groups in total. The molecule has 0 radical (unpaired) electrons. The molecule has 0 aromatic heterocycles. The molecule has 9 nitrogen and oxygen atoms in total. The third-order valence-corrected chi connectivity index (χ3v) is 7.36. The van der Waals surface area contributed by atoms with Gasteiger partial charge in [-0.1, -0.05) is 36.9 Å².